The van der Waals surface area contributed by atoms with Crippen LogP contribution in [0.2, 0.25) is 0 Å². The minimum Gasteiger partial charge on any atom is -0.477 e. The van der Waals surface area contributed by atoms with Crippen LogP contribution in [0.1, 0.15) is 155 Å². The molecule has 0 spiro atoms. The number of allylic oxidation sites excluding steroid dienone is 22. The fourth-order valence-corrected chi connectivity index (χ4v) is 6.24. The standard InChI is InChI=1S/C57H89NO7/c1-6-8-10-12-14-16-18-20-22-24-26-28-30-31-33-35-37-39-41-43-45-47-55(59)64-52-53(51-63-50-49-54(57(61)62)58(3,4)5)65-56(60)48-46-44-42-40-38-36-34-32-29-27-25-23-21-19-17-15-13-11-9-7-2/h9,11,14-17,20-23,26-29,31,33-34,36-37,39-40,42,53-54H,6-8,10,12-13,18-19,24-25,30,32,35,38,41,43-52H2,1-5H3/p+1/b11-9+,16-14+,17-15+,22-20+,23-21+,28-26+,29-27+,33-31+,36-34+,39-37+,42-40+. The van der Waals surface area contributed by atoms with E-state index in [0.717, 1.165) is 83.5 Å². The van der Waals surface area contributed by atoms with Gasteiger partial charge in [0, 0.05) is 19.3 Å². The van der Waals surface area contributed by atoms with Crippen molar-refractivity contribution in [3.05, 3.63) is 134 Å². The quantitative estimate of drug-likeness (QED) is 0.0282. The smallest absolute Gasteiger partial charge is 0.362 e. The largest absolute Gasteiger partial charge is 0.477 e. The summed E-state index contributed by atoms with van der Waals surface area (Å²) >= 11 is 0. The number of carbonyl (C=O) groups excluding carboxylic acids is 2. The van der Waals surface area contributed by atoms with Crippen molar-refractivity contribution in [3.63, 3.8) is 0 Å². The molecule has 0 aliphatic carbocycles. The van der Waals surface area contributed by atoms with Gasteiger partial charge in [0.15, 0.2) is 12.1 Å². The van der Waals surface area contributed by atoms with E-state index in [2.05, 4.69) is 148 Å². The van der Waals surface area contributed by atoms with Crippen molar-refractivity contribution in [1.82, 2.24) is 0 Å². The van der Waals surface area contributed by atoms with Gasteiger partial charge in [0.05, 0.1) is 34.4 Å². The molecule has 0 aromatic heterocycles. The van der Waals surface area contributed by atoms with Gasteiger partial charge in [0.25, 0.3) is 0 Å². The number of carbonyl (C=O) groups is 3. The van der Waals surface area contributed by atoms with Crippen molar-refractivity contribution in [2.24, 2.45) is 0 Å². The molecule has 0 amide bonds. The number of unbranched alkanes of at least 4 members (excludes halogenated alkanes) is 6. The van der Waals surface area contributed by atoms with Gasteiger partial charge in [-0.25, -0.2) is 4.79 Å². The summed E-state index contributed by atoms with van der Waals surface area (Å²) in [6.45, 7) is 4.46. The summed E-state index contributed by atoms with van der Waals surface area (Å²) in [4.78, 5) is 37.1. The second kappa shape index (κ2) is 46.0. The molecule has 8 nitrogen and oxygen atoms in total. The highest BCUT2D eigenvalue weighted by Gasteiger charge is 2.31. The van der Waals surface area contributed by atoms with Crippen LogP contribution in [0.5, 0.6) is 0 Å². The average molecular weight is 901 g/mol. The third-order valence-electron chi connectivity index (χ3n) is 10.0. The number of aliphatic carboxylic acids is 1. The molecule has 0 fully saturated rings. The number of rotatable bonds is 42. The van der Waals surface area contributed by atoms with Crippen molar-refractivity contribution in [2.75, 3.05) is 41.0 Å². The number of hydrogen-bond donors (Lipinski definition) is 1. The lowest BCUT2D eigenvalue weighted by Gasteiger charge is -2.31. The van der Waals surface area contributed by atoms with Crippen molar-refractivity contribution >= 4 is 17.9 Å². The topological polar surface area (TPSA) is 99.1 Å². The maximum Gasteiger partial charge on any atom is 0.362 e. The number of nitrogens with zero attached hydrogens (tertiary/aromatic N) is 1. The molecule has 0 aliphatic heterocycles. The van der Waals surface area contributed by atoms with Crippen LogP contribution in [0, 0.1) is 0 Å². The van der Waals surface area contributed by atoms with Crippen LogP contribution in [-0.4, -0.2) is 80.6 Å². The molecule has 0 bridgehead atoms. The Morgan fingerprint density at radius 2 is 0.862 bits per heavy atom. The lowest BCUT2D eigenvalue weighted by molar-refractivity contribution is -0.887. The molecule has 65 heavy (non-hydrogen) atoms. The Hall–Kier alpha value is -4.53. The van der Waals surface area contributed by atoms with Gasteiger partial charge in [-0.1, -0.05) is 160 Å². The molecule has 0 aromatic carbocycles. The van der Waals surface area contributed by atoms with Crippen LogP contribution < -0.4 is 0 Å². The number of hydrogen-bond acceptors (Lipinski definition) is 6. The second-order valence-corrected chi connectivity index (χ2v) is 17.0. The van der Waals surface area contributed by atoms with Crippen LogP contribution in [0.4, 0.5) is 0 Å². The van der Waals surface area contributed by atoms with E-state index in [4.69, 9.17) is 14.2 Å². The van der Waals surface area contributed by atoms with Crippen LogP contribution in [0.25, 0.3) is 0 Å². The lowest BCUT2D eigenvalue weighted by atomic mass is 10.1. The Balaban J connectivity index is 4.50. The highest BCUT2D eigenvalue weighted by atomic mass is 16.6. The summed E-state index contributed by atoms with van der Waals surface area (Å²) in [5.74, 6) is -1.62. The van der Waals surface area contributed by atoms with Gasteiger partial charge in [-0.2, -0.15) is 0 Å². The zero-order valence-electron chi connectivity index (χ0n) is 41.4. The Morgan fingerprint density at radius 1 is 0.477 bits per heavy atom. The van der Waals surface area contributed by atoms with E-state index in [9.17, 15) is 19.5 Å². The Kier molecular flexibility index (Phi) is 42.8. The van der Waals surface area contributed by atoms with E-state index in [1.807, 2.05) is 21.1 Å². The first kappa shape index (κ1) is 60.5. The van der Waals surface area contributed by atoms with E-state index in [-0.39, 0.29) is 49.1 Å². The maximum atomic E-state index is 12.8. The predicted octanol–water partition coefficient (Wildman–Crippen LogP) is 14.4. The molecule has 0 aromatic rings. The predicted molar refractivity (Wildman–Crippen MR) is 275 cm³/mol. The third-order valence-corrected chi connectivity index (χ3v) is 10.0. The minimum absolute atomic E-state index is 0.0138. The van der Waals surface area contributed by atoms with Crippen LogP contribution >= 0.6 is 0 Å². The molecule has 0 aliphatic rings. The molecular weight excluding hydrogens is 811 g/mol. The second-order valence-electron chi connectivity index (χ2n) is 17.0. The molecular formula is C57H90NO7+. The summed E-state index contributed by atoms with van der Waals surface area (Å²) in [6, 6.07) is -0.642. The highest BCUT2D eigenvalue weighted by Crippen LogP contribution is 2.11. The van der Waals surface area contributed by atoms with Gasteiger partial charge in [0.1, 0.15) is 6.61 Å². The first-order valence-corrected chi connectivity index (χ1v) is 24.7. The van der Waals surface area contributed by atoms with Gasteiger partial charge in [-0.15, -0.1) is 0 Å². The average Bonchev–Trinajstić information content (AvgIpc) is 3.27. The lowest BCUT2D eigenvalue weighted by Crippen LogP contribution is -2.50. The summed E-state index contributed by atoms with van der Waals surface area (Å²) in [6.07, 6.45) is 66.5. The fourth-order valence-electron chi connectivity index (χ4n) is 6.24. The maximum absolute atomic E-state index is 12.8. The summed E-state index contributed by atoms with van der Waals surface area (Å²) < 4.78 is 17.2. The normalized spacial score (nSPS) is 14.0. The molecule has 8 heteroatoms. The highest BCUT2D eigenvalue weighted by molar-refractivity contribution is 5.72. The van der Waals surface area contributed by atoms with Crippen molar-refractivity contribution in [3.8, 4) is 0 Å². The van der Waals surface area contributed by atoms with Crippen molar-refractivity contribution in [2.45, 2.75) is 167 Å². The molecule has 1 N–H and O–H groups in total. The van der Waals surface area contributed by atoms with E-state index in [1.165, 1.54) is 25.7 Å². The molecule has 2 unspecified atom stereocenters. The van der Waals surface area contributed by atoms with E-state index in [1.54, 1.807) is 0 Å². The van der Waals surface area contributed by atoms with E-state index >= 15 is 0 Å². The molecule has 364 valence electrons. The van der Waals surface area contributed by atoms with Crippen LogP contribution in [0.3, 0.4) is 0 Å². The van der Waals surface area contributed by atoms with Crippen LogP contribution in [0.15, 0.2) is 134 Å². The number of carboxylic acids is 1. The number of quaternary nitrogens is 1. The number of ether oxygens (including phenoxy) is 3. The van der Waals surface area contributed by atoms with Gasteiger partial charge in [-0.05, 0) is 109 Å². The first-order valence-electron chi connectivity index (χ1n) is 24.7. The minimum atomic E-state index is -0.896. The summed E-state index contributed by atoms with van der Waals surface area (Å²) in [5.41, 5.74) is 0. The summed E-state index contributed by atoms with van der Waals surface area (Å²) in [7, 11) is 5.48. The molecule has 0 rings (SSSR count). The Morgan fingerprint density at radius 3 is 1.26 bits per heavy atom. The van der Waals surface area contributed by atoms with Gasteiger partial charge < -0.3 is 23.8 Å². The molecule has 2 atom stereocenters. The van der Waals surface area contributed by atoms with Crippen molar-refractivity contribution < 1.29 is 38.2 Å². The van der Waals surface area contributed by atoms with Gasteiger partial charge in [0.2, 0.25) is 0 Å². The van der Waals surface area contributed by atoms with Crippen molar-refractivity contribution in [1.29, 1.82) is 0 Å². The van der Waals surface area contributed by atoms with Gasteiger partial charge in [-0.3, -0.25) is 9.59 Å². The fraction of sp³-hybridized carbons (Fsp3) is 0.561. The molecule has 0 radical (unpaired) electrons. The zero-order chi connectivity index (χ0) is 47.7. The molecule has 0 heterocycles. The Bertz CT molecular complexity index is 1520. The molecule has 0 saturated heterocycles. The van der Waals surface area contributed by atoms with Crippen LogP contribution in [-0.2, 0) is 28.6 Å². The Labute approximate surface area is 396 Å². The summed E-state index contributed by atoms with van der Waals surface area (Å²) in [5, 5.41) is 9.65. The van der Waals surface area contributed by atoms with E-state index < -0.39 is 18.1 Å². The number of esters is 2. The molecule has 0 saturated carbocycles. The SMILES string of the molecule is CC/C=C/C/C=C/C/C=C/C/C=C/C/C=C/C/C=C/CCCC(=O)OC(COCCC(C(=O)O)[N+](C)(C)C)COC(=O)CCCC/C=C/C/C=C/C/C=C/C/C=C/C/C=C/CCCCC. The monoisotopic (exact) mass is 901 g/mol. The third kappa shape index (κ3) is 44.5. The van der Waals surface area contributed by atoms with E-state index in [0.29, 0.717) is 19.3 Å². The first-order chi connectivity index (χ1) is 31.6. The number of likely N-dealkylation sites (N-methyl/N-ethyl adjacent to an activating group) is 1. The van der Waals surface area contributed by atoms with Gasteiger partial charge >= 0.3 is 17.9 Å². The number of carboxylic acid groups (broad SMARTS) is 1. The zero-order valence-corrected chi connectivity index (χ0v) is 41.4.